The molecule has 2 aromatic heterocycles. The second kappa shape index (κ2) is 5.24. The van der Waals surface area contributed by atoms with Crippen molar-refractivity contribution in [1.29, 1.82) is 0 Å². The first-order valence-corrected chi connectivity index (χ1v) is 7.09. The van der Waals surface area contributed by atoms with E-state index in [-0.39, 0.29) is 0 Å². The van der Waals surface area contributed by atoms with Crippen LogP contribution in [0.25, 0.3) is 0 Å². The molecule has 2 heterocycles. The minimum Gasteiger partial charge on any atom is -0.248 e. The van der Waals surface area contributed by atoms with Gasteiger partial charge in [0.05, 0.1) is 11.1 Å². The van der Waals surface area contributed by atoms with Crippen molar-refractivity contribution in [2.45, 2.75) is 41.9 Å². The molecular weight excluding hydrogens is 270 g/mol. The van der Waals surface area contributed by atoms with E-state index in [1.807, 2.05) is 16.8 Å². The summed E-state index contributed by atoms with van der Waals surface area (Å²) in [6, 6.07) is 4.14. The van der Waals surface area contributed by atoms with E-state index in [0.29, 0.717) is 11.1 Å². The molecule has 0 bridgehead atoms. The topological polar surface area (TPSA) is 56.5 Å². The quantitative estimate of drug-likeness (QED) is 0.866. The van der Waals surface area contributed by atoms with Gasteiger partial charge in [0.2, 0.25) is 5.16 Å². The molecule has 0 spiro atoms. The van der Waals surface area contributed by atoms with E-state index in [1.165, 1.54) is 24.6 Å². The van der Waals surface area contributed by atoms with Crippen molar-refractivity contribution in [3.8, 4) is 0 Å². The van der Waals surface area contributed by atoms with Crippen LogP contribution < -0.4 is 0 Å². The highest BCUT2D eigenvalue weighted by atomic mass is 35.5. The Balaban J connectivity index is 1.80. The molecule has 3 rings (SSSR count). The monoisotopic (exact) mass is 281 g/mol. The van der Waals surface area contributed by atoms with Gasteiger partial charge in [-0.15, -0.1) is 5.10 Å². The first kappa shape index (κ1) is 11.9. The van der Waals surface area contributed by atoms with Crippen molar-refractivity contribution in [2.24, 2.45) is 0 Å². The average Bonchev–Trinajstić information content (AvgIpc) is 3.02. The van der Waals surface area contributed by atoms with E-state index in [0.717, 1.165) is 23.0 Å². The number of tetrazole rings is 1. The van der Waals surface area contributed by atoms with Crippen LogP contribution in [0.5, 0.6) is 0 Å². The molecule has 0 atom stereocenters. The van der Waals surface area contributed by atoms with Gasteiger partial charge in [0, 0.05) is 6.20 Å². The number of hydrogen-bond acceptors (Lipinski definition) is 5. The molecule has 0 radical (unpaired) electrons. The Morgan fingerprint density at radius 3 is 2.83 bits per heavy atom. The van der Waals surface area contributed by atoms with Crippen LogP contribution in [-0.4, -0.2) is 25.2 Å². The number of rotatable bonds is 3. The molecule has 1 saturated carbocycles. The third kappa shape index (κ3) is 2.49. The fourth-order valence-electron chi connectivity index (χ4n) is 2.15. The minimum atomic E-state index is 0.440. The first-order valence-electron chi connectivity index (χ1n) is 5.90. The van der Waals surface area contributed by atoms with Gasteiger partial charge in [-0.05, 0) is 47.2 Å². The normalized spacial score (nSPS) is 16.3. The van der Waals surface area contributed by atoms with E-state index in [2.05, 4.69) is 20.5 Å². The zero-order chi connectivity index (χ0) is 12.4. The second-order valence-corrected chi connectivity index (χ2v) is 5.69. The summed E-state index contributed by atoms with van der Waals surface area (Å²) in [5, 5.41) is 14.2. The molecule has 1 aliphatic carbocycles. The molecule has 1 aliphatic rings. The van der Waals surface area contributed by atoms with Gasteiger partial charge in [-0.1, -0.05) is 24.4 Å². The minimum absolute atomic E-state index is 0.440. The second-order valence-electron chi connectivity index (χ2n) is 4.26. The molecule has 0 unspecified atom stereocenters. The summed E-state index contributed by atoms with van der Waals surface area (Å²) in [6.07, 6.45) is 6.47. The number of halogens is 1. The summed E-state index contributed by atoms with van der Waals surface area (Å²) in [5.74, 6) is 0. The third-order valence-electron chi connectivity index (χ3n) is 3.03. The van der Waals surface area contributed by atoms with Crippen molar-refractivity contribution in [3.63, 3.8) is 0 Å². The summed E-state index contributed by atoms with van der Waals surface area (Å²) < 4.78 is 1.92. The van der Waals surface area contributed by atoms with Crippen molar-refractivity contribution < 1.29 is 0 Å². The number of pyridine rings is 1. The predicted octanol–water partition coefficient (Wildman–Crippen LogP) is 2.99. The fraction of sp³-hybridized carbons (Fsp3) is 0.455. The molecule has 0 aromatic carbocycles. The predicted molar refractivity (Wildman–Crippen MR) is 68.7 cm³/mol. The van der Waals surface area contributed by atoms with E-state index >= 15 is 0 Å². The van der Waals surface area contributed by atoms with Crippen molar-refractivity contribution >= 4 is 23.4 Å². The molecular formula is C11H12ClN5S. The Hall–Kier alpha value is -1.14. The molecule has 1 fully saturated rings. The summed E-state index contributed by atoms with van der Waals surface area (Å²) in [5.41, 5.74) is 0. The number of aromatic nitrogens is 5. The Bertz CT molecular complexity index is 520. The van der Waals surface area contributed by atoms with E-state index in [1.54, 1.807) is 6.20 Å². The van der Waals surface area contributed by atoms with Crippen LogP contribution in [0.2, 0.25) is 5.02 Å². The van der Waals surface area contributed by atoms with E-state index in [4.69, 9.17) is 11.6 Å². The maximum absolute atomic E-state index is 5.81. The third-order valence-corrected chi connectivity index (χ3v) is 4.15. The lowest BCUT2D eigenvalue weighted by Gasteiger charge is -2.10. The van der Waals surface area contributed by atoms with E-state index < -0.39 is 0 Å². The maximum atomic E-state index is 5.81. The average molecular weight is 282 g/mol. The Kier molecular flexibility index (Phi) is 3.47. The highest BCUT2D eigenvalue weighted by Crippen LogP contribution is 2.33. The van der Waals surface area contributed by atoms with Gasteiger partial charge in [0.15, 0.2) is 0 Å². The molecule has 94 valence electrons. The van der Waals surface area contributed by atoms with Crippen LogP contribution in [0, 0.1) is 0 Å². The summed E-state index contributed by atoms with van der Waals surface area (Å²) in [6.45, 7) is 0. The van der Waals surface area contributed by atoms with Crippen LogP contribution >= 0.6 is 23.4 Å². The molecule has 5 nitrogen and oxygen atoms in total. The maximum Gasteiger partial charge on any atom is 0.215 e. The van der Waals surface area contributed by atoms with Gasteiger partial charge < -0.3 is 0 Å². The molecule has 18 heavy (non-hydrogen) atoms. The molecule has 0 aliphatic heterocycles. The number of nitrogens with zero attached hydrogens (tertiary/aromatic N) is 5. The molecule has 0 N–H and O–H groups in total. The zero-order valence-corrected chi connectivity index (χ0v) is 11.2. The van der Waals surface area contributed by atoms with Gasteiger partial charge >= 0.3 is 0 Å². The standard InChI is InChI=1S/C11H12ClN5S/c12-8-5-6-10(13-7-8)18-11-14-15-16-17(11)9-3-1-2-4-9/h5-7,9H,1-4H2. The molecule has 7 heteroatoms. The van der Waals surface area contributed by atoms with Gasteiger partial charge in [-0.3, -0.25) is 0 Å². The van der Waals surface area contributed by atoms with Gasteiger partial charge in [-0.2, -0.15) is 0 Å². The zero-order valence-electron chi connectivity index (χ0n) is 9.66. The van der Waals surface area contributed by atoms with Crippen LogP contribution in [0.4, 0.5) is 0 Å². The van der Waals surface area contributed by atoms with Gasteiger partial charge in [0.25, 0.3) is 0 Å². The van der Waals surface area contributed by atoms with Gasteiger partial charge in [-0.25, -0.2) is 9.67 Å². The summed E-state index contributed by atoms with van der Waals surface area (Å²) in [4.78, 5) is 4.24. The lowest BCUT2D eigenvalue weighted by molar-refractivity contribution is 0.423. The van der Waals surface area contributed by atoms with Crippen molar-refractivity contribution in [2.75, 3.05) is 0 Å². The number of hydrogen-bond donors (Lipinski definition) is 0. The summed E-state index contributed by atoms with van der Waals surface area (Å²) in [7, 11) is 0. The van der Waals surface area contributed by atoms with Crippen molar-refractivity contribution in [1.82, 2.24) is 25.2 Å². The van der Waals surface area contributed by atoms with Crippen LogP contribution in [0.15, 0.2) is 28.5 Å². The van der Waals surface area contributed by atoms with Crippen LogP contribution in [0.3, 0.4) is 0 Å². The largest absolute Gasteiger partial charge is 0.248 e. The lowest BCUT2D eigenvalue weighted by atomic mass is 10.3. The molecule has 2 aromatic rings. The first-order chi connectivity index (χ1) is 8.83. The summed E-state index contributed by atoms with van der Waals surface area (Å²) >= 11 is 7.28. The Morgan fingerprint density at radius 2 is 2.11 bits per heavy atom. The lowest BCUT2D eigenvalue weighted by Crippen LogP contribution is -2.08. The fourth-order valence-corrected chi connectivity index (χ4v) is 3.04. The highest BCUT2D eigenvalue weighted by Gasteiger charge is 2.22. The Morgan fingerprint density at radius 1 is 1.28 bits per heavy atom. The van der Waals surface area contributed by atoms with Crippen LogP contribution in [-0.2, 0) is 0 Å². The molecule has 0 saturated heterocycles. The Labute approximate surface area is 114 Å². The van der Waals surface area contributed by atoms with Crippen LogP contribution in [0.1, 0.15) is 31.7 Å². The van der Waals surface area contributed by atoms with E-state index in [9.17, 15) is 0 Å². The molecule has 0 amide bonds. The smallest absolute Gasteiger partial charge is 0.215 e. The van der Waals surface area contributed by atoms with Gasteiger partial charge in [0.1, 0.15) is 5.03 Å². The highest BCUT2D eigenvalue weighted by molar-refractivity contribution is 7.99. The van der Waals surface area contributed by atoms with Crippen molar-refractivity contribution in [3.05, 3.63) is 23.4 Å². The SMILES string of the molecule is Clc1ccc(Sc2nnnn2C2CCCC2)nc1.